The predicted octanol–water partition coefficient (Wildman–Crippen LogP) is 0.487. The summed E-state index contributed by atoms with van der Waals surface area (Å²) < 4.78 is 4.97. The molecule has 0 saturated heterocycles. The van der Waals surface area contributed by atoms with E-state index in [0.717, 1.165) is 0 Å². The fourth-order valence-corrected chi connectivity index (χ4v) is 1.55. The lowest BCUT2D eigenvalue weighted by Gasteiger charge is -2.03. The van der Waals surface area contributed by atoms with Gasteiger partial charge >= 0.3 is 0 Å². The summed E-state index contributed by atoms with van der Waals surface area (Å²) in [7, 11) is 1.38. The molecule has 0 unspecified atom stereocenters. The van der Waals surface area contributed by atoms with Gasteiger partial charge < -0.3 is 10.5 Å². The number of hydrogen-bond acceptors (Lipinski definition) is 6. The van der Waals surface area contributed by atoms with Crippen LogP contribution in [-0.2, 0) is 0 Å². The molecule has 2 rings (SSSR count). The first-order chi connectivity index (χ1) is 9.02. The van der Waals surface area contributed by atoms with E-state index in [0.29, 0.717) is 5.56 Å². The van der Waals surface area contributed by atoms with Gasteiger partial charge in [-0.15, -0.1) is 0 Å². The predicted molar refractivity (Wildman–Crippen MR) is 63.5 cm³/mol. The van der Waals surface area contributed by atoms with Gasteiger partial charge in [0.05, 0.1) is 18.1 Å². The summed E-state index contributed by atoms with van der Waals surface area (Å²) in [5, 5.41) is 20.4. The molecule has 0 radical (unpaired) electrons. The first-order valence-electron chi connectivity index (χ1n) is 5.07. The van der Waals surface area contributed by atoms with Crippen molar-refractivity contribution in [1.29, 1.82) is 0 Å². The maximum Gasteiger partial charge on any atom is 0.273 e. The molecule has 9 heteroatoms. The van der Waals surface area contributed by atoms with Crippen LogP contribution in [0, 0.1) is 10.1 Å². The molecule has 9 nitrogen and oxygen atoms in total. The number of aromatic amines is 1. The van der Waals surface area contributed by atoms with Gasteiger partial charge in [-0.05, 0) is 6.07 Å². The van der Waals surface area contributed by atoms with Gasteiger partial charge in [-0.2, -0.15) is 15.4 Å². The molecule has 0 atom stereocenters. The van der Waals surface area contributed by atoms with E-state index in [1.165, 1.54) is 25.3 Å². The Labute approximate surface area is 106 Å². The minimum absolute atomic E-state index is 0.0949. The third-order valence-corrected chi connectivity index (χ3v) is 2.39. The van der Waals surface area contributed by atoms with Crippen molar-refractivity contribution in [3.05, 3.63) is 34.0 Å². The minimum atomic E-state index is -0.783. The van der Waals surface area contributed by atoms with Gasteiger partial charge in [0.2, 0.25) is 0 Å². The van der Waals surface area contributed by atoms with Gasteiger partial charge in [-0.1, -0.05) is 0 Å². The molecule has 1 heterocycles. The second-order valence-corrected chi connectivity index (χ2v) is 3.56. The summed E-state index contributed by atoms with van der Waals surface area (Å²) in [6.45, 7) is 0. The lowest BCUT2D eigenvalue weighted by Crippen LogP contribution is -2.12. The van der Waals surface area contributed by atoms with Crippen LogP contribution in [0.5, 0.6) is 5.75 Å². The highest BCUT2D eigenvalue weighted by Crippen LogP contribution is 2.29. The number of H-pyrrole nitrogens is 1. The number of primary amides is 1. The van der Waals surface area contributed by atoms with Crippen molar-refractivity contribution >= 4 is 11.6 Å². The number of hydrogen-bond donors (Lipinski definition) is 2. The van der Waals surface area contributed by atoms with E-state index in [1.54, 1.807) is 0 Å². The highest BCUT2D eigenvalue weighted by atomic mass is 16.6. The molecule has 0 bridgehead atoms. The van der Waals surface area contributed by atoms with Gasteiger partial charge in [0.1, 0.15) is 11.4 Å². The Bertz CT molecular complexity index is 651. The van der Waals surface area contributed by atoms with Crippen molar-refractivity contribution in [1.82, 2.24) is 15.4 Å². The zero-order valence-electron chi connectivity index (χ0n) is 9.78. The normalized spacial score (nSPS) is 10.2. The van der Waals surface area contributed by atoms with E-state index < -0.39 is 10.8 Å². The highest BCUT2D eigenvalue weighted by molar-refractivity contribution is 5.96. The Morgan fingerprint density at radius 1 is 1.42 bits per heavy atom. The number of nitro groups is 1. The van der Waals surface area contributed by atoms with Crippen molar-refractivity contribution in [3.8, 4) is 17.0 Å². The molecule has 0 saturated carbocycles. The number of nitrogens with one attached hydrogen (secondary N) is 1. The highest BCUT2D eigenvalue weighted by Gasteiger charge is 2.19. The molecule has 0 aliphatic carbocycles. The van der Waals surface area contributed by atoms with E-state index in [9.17, 15) is 14.9 Å². The molecule has 98 valence electrons. The van der Waals surface area contributed by atoms with Crippen LogP contribution in [0.1, 0.15) is 10.5 Å². The van der Waals surface area contributed by atoms with Gasteiger partial charge in [0.25, 0.3) is 11.6 Å². The van der Waals surface area contributed by atoms with Crippen LogP contribution in [0.25, 0.3) is 11.3 Å². The molecule has 1 aromatic heterocycles. The fourth-order valence-electron chi connectivity index (χ4n) is 1.55. The Hall–Kier alpha value is -2.97. The number of amides is 1. The summed E-state index contributed by atoms with van der Waals surface area (Å²) in [6, 6.07) is 4.01. The number of rotatable bonds is 4. The first-order valence-corrected chi connectivity index (χ1v) is 5.07. The smallest absolute Gasteiger partial charge is 0.273 e. The quantitative estimate of drug-likeness (QED) is 0.608. The van der Waals surface area contributed by atoms with E-state index in [2.05, 4.69) is 15.4 Å². The number of nitrogens with two attached hydrogens (primary N) is 1. The number of methoxy groups -OCH3 is 1. The largest absolute Gasteiger partial charge is 0.496 e. The molecule has 0 fully saturated rings. The monoisotopic (exact) mass is 263 g/mol. The average molecular weight is 263 g/mol. The molecule has 0 aliphatic rings. The molecular formula is C10H9N5O4. The van der Waals surface area contributed by atoms with Gasteiger partial charge in [-0.25, -0.2) is 0 Å². The summed E-state index contributed by atoms with van der Waals surface area (Å²) in [4.78, 5) is 21.4. The number of carbonyl (C=O) groups is 1. The number of carbonyl (C=O) groups excluding carboxylic acids is 1. The number of benzene rings is 1. The van der Waals surface area contributed by atoms with Crippen LogP contribution in [-0.4, -0.2) is 33.4 Å². The van der Waals surface area contributed by atoms with Crippen molar-refractivity contribution in [2.45, 2.75) is 0 Å². The Balaban J connectivity index is 2.61. The topological polar surface area (TPSA) is 137 Å². The fraction of sp³-hybridized carbons (Fsp3) is 0.100. The maximum absolute atomic E-state index is 11.2. The van der Waals surface area contributed by atoms with E-state index in [-0.39, 0.29) is 22.8 Å². The second-order valence-electron chi connectivity index (χ2n) is 3.56. The lowest BCUT2D eigenvalue weighted by atomic mass is 10.1. The van der Waals surface area contributed by atoms with Gasteiger partial charge in [0, 0.05) is 11.6 Å². The Morgan fingerprint density at radius 3 is 2.74 bits per heavy atom. The molecule has 1 aromatic carbocycles. The SMILES string of the molecule is COc1cc(-c2n[nH]nc2C(N)=O)cc([N+](=O)[O-])c1. The molecular weight excluding hydrogens is 254 g/mol. The van der Waals surface area contributed by atoms with Crippen molar-refractivity contribution in [2.75, 3.05) is 7.11 Å². The number of nitro benzene ring substituents is 1. The van der Waals surface area contributed by atoms with Crippen molar-refractivity contribution in [3.63, 3.8) is 0 Å². The second kappa shape index (κ2) is 4.72. The lowest BCUT2D eigenvalue weighted by molar-refractivity contribution is -0.384. The zero-order chi connectivity index (χ0) is 14.0. The summed E-state index contributed by atoms with van der Waals surface area (Å²) >= 11 is 0. The van der Waals surface area contributed by atoms with E-state index in [4.69, 9.17) is 10.5 Å². The van der Waals surface area contributed by atoms with Crippen LogP contribution in [0.15, 0.2) is 18.2 Å². The molecule has 0 aliphatic heterocycles. The summed E-state index contributed by atoms with van der Waals surface area (Å²) in [5.74, 6) is -0.517. The third kappa shape index (κ3) is 2.34. The molecule has 2 aromatic rings. The van der Waals surface area contributed by atoms with Crippen LogP contribution in [0.4, 0.5) is 5.69 Å². The number of aromatic nitrogens is 3. The van der Waals surface area contributed by atoms with Gasteiger partial charge in [0.15, 0.2) is 5.69 Å². The van der Waals surface area contributed by atoms with Gasteiger partial charge in [-0.3, -0.25) is 14.9 Å². The number of ether oxygens (including phenoxy) is 1. The van der Waals surface area contributed by atoms with Crippen LogP contribution in [0.3, 0.4) is 0 Å². The van der Waals surface area contributed by atoms with Crippen LogP contribution >= 0.6 is 0 Å². The number of nitrogens with zero attached hydrogens (tertiary/aromatic N) is 3. The molecule has 0 spiro atoms. The van der Waals surface area contributed by atoms with Crippen LogP contribution in [0.2, 0.25) is 0 Å². The molecule has 3 N–H and O–H groups in total. The minimum Gasteiger partial charge on any atom is -0.496 e. The zero-order valence-corrected chi connectivity index (χ0v) is 9.78. The van der Waals surface area contributed by atoms with Crippen molar-refractivity contribution < 1.29 is 14.5 Å². The molecule has 1 amide bonds. The maximum atomic E-state index is 11.2. The Morgan fingerprint density at radius 2 is 2.16 bits per heavy atom. The Kier molecular flexibility index (Phi) is 3.10. The van der Waals surface area contributed by atoms with Crippen molar-refractivity contribution in [2.24, 2.45) is 5.73 Å². The standard InChI is InChI=1S/C10H9N5O4/c1-19-7-3-5(2-6(4-7)15(17)18)8-9(10(11)16)13-14-12-8/h2-4H,1H3,(H2,11,16)(H,12,13,14). The number of non-ortho nitro benzene ring substituents is 1. The molecule has 19 heavy (non-hydrogen) atoms. The van der Waals surface area contributed by atoms with E-state index in [1.807, 2.05) is 0 Å². The average Bonchev–Trinajstić information content (AvgIpc) is 2.87. The van der Waals surface area contributed by atoms with E-state index >= 15 is 0 Å². The third-order valence-electron chi connectivity index (χ3n) is 2.39. The van der Waals surface area contributed by atoms with Crippen LogP contribution < -0.4 is 10.5 Å². The summed E-state index contributed by atoms with van der Waals surface area (Å²) in [6.07, 6.45) is 0. The summed E-state index contributed by atoms with van der Waals surface area (Å²) in [5.41, 5.74) is 5.30. The first kappa shape index (κ1) is 12.5.